The van der Waals surface area contributed by atoms with Crippen LogP contribution in [-0.4, -0.2) is 71.3 Å². The van der Waals surface area contributed by atoms with Crippen LogP contribution in [-0.2, 0) is 27.6 Å². The lowest BCUT2D eigenvalue weighted by atomic mass is 9.48. The maximum Gasteiger partial charge on any atom is 0.218 e. The first-order valence-electron chi connectivity index (χ1n) is 13.7. The van der Waals surface area contributed by atoms with Crippen molar-refractivity contribution in [2.45, 2.75) is 74.5 Å². The summed E-state index contributed by atoms with van der Waals surface area (Å²) >= 11 is 0. The molecule has 2 bridgehead atoms. The Labute approximate surface area is 225 Å². The number of aliphatic hydroxyl groups is 1. The molecule has 5 atom stereocenters. The van der Waals surface area contributed by atoms with Crippen LogP contribution in [0.1, 0.15) is 49.8 Å². The topological polar surface area (TPSA) is 90.3 Å². The molecule has 1 spiro atoms. The highest BCUT2D eigenvalue weighted by atomic mass is 32.2. The molecule has 2 fully saturated rings. The van der Waals surface area contributed by atoms with Gasteiger partial charge in [-0.3, -0.25) is 4.90 Å². The van der Waals surface area contributed by atoms with Gasteiger partial charge in [0.05, 0.1) is 22.8 Å². The molecule has 4 aliphatic rings. The van der Waals surface area contributed by atoms with Gasteiger partial charge in [0, 0.05) is 24.7 Å². The van der Waals surface area contributed by atoms with Crippen molar-refractivity contribution in [2.24, 2.45) is 5.92 Å². The van der Waals surface area contributed by atoms with Crippen LogP contribution in [0, 0.1) is 5.92 Å². The Kier molecular flexibility index (Phi) is 6.18. The third-order valence-electron chi connectivity index (χ3n) is 9.37. The van der Waals surface area contributed by atoms with E-state index in [0.717, 1.165) is 23.2 Å². The largest absolute Gasteiger partial charge is 0.504 e. The predicted molar refractivity (Wildman–Crippen MR) is 147 cm³/mol. The van der Waals surface area contributed by atoms with Gasteiger partial charge in [0.15, 0.2) is 11.5 Å². The number of rotatable bonds is 8. The Morgan fingerprint density at radius 1 is 1.21 bits per heavy atom. The minimum atomic E-state index is -3.70. The molecular weight excluding hydrogens is 500 g/mol. The normalized spacial score (nSPS) is 31.8. The lowest BCUT2D eigenvalue weighted by Crippen LogP contribution is -2.78. The second kappa shape index (κ2) is 9.08. The number of likely N-dealkylation sites (tertiary alicyclic amines) is 1. The molecule has 0 unspecified atom stereocenters. The smallest absolute Gasteiger partial charge is 0.218 e. The Morgan fingerprint density at radius 2 is 1.97 bits per heavy atom. The molecule has 204 valence electrons. The van der Waals surface area contributed by atoms with Gasteiger partial charge in [0.1, 0.15) is 6.10 Å². The van der Waals surface area contributed by atoms with E-state index in [1.54, 1.807) is 10.4 Å². The molecule has 2 heterocycles. The average Bonchev–Trinajstić information content (AvgIpc) is 3.22. The van der Waals surface area contributed by atoms with E-state index in [9.17, 15) is 18.6 Å². The van der Waals surface area contributed by atoms with Crippen LogP contribution in [0.2, 0.25) is 0 Å². The van der Waals surface area contributed by atoms with E-state index in [1.807, 2.05) is 56.3 Å². The molecule has 2 N–H and O–H groups in total. The summed E-state index contributed by atoms with van der Waals surface area (Å²) in [5.74, 6) is 0.516. The number of benzene rings is 2. The van der Waals surface area contributed by atoms with Crippen LogP contribution < -0.4 is 4.74 Å². The highest BCUT2D eigenvalue weighted by Gasteiger charge is 2.73. The molecule has 6 rings (SSSR count). The Bertz CT molecular complexity index is 1350. The molecule has 1 saturated carbocycles. The van der Waals surface area contributed by atoms with E-state index in [0.29, 0.717) is 44.5 Å². The molecule has 0 radical (unpaired) electrons. The molecule has 2 aromatic carbocycles. The number of sulfonamides is 1. The van der Waals surface area contributed by atoms with Crippen molar-refractivity contribution in [3.63, 3.8) is 0 Å². The summed E-state index contributed by atoms with van der Waals surface area (Å²) in [6, 6.07) is 12.3. The maximum atomic E-state index is 14.1. The summed E-state index contributed by atoms with van der Waals surface area (Å²) in [4.78, 5) is 2.31. The molecule has 0 amide bonds. The number of phenols is 1. The van der Waals surface area contributed by atoms with Gasteiger partial charge in [0.25, 0.3) is 0 Å². The van der Waals surface area contributed by atoms with Crippen LogP contribution in [0.15, 0.2) is 55.1 Å². The summed E-state index contributed by atoms with van der Waals surface area (Å²) in [6.45, 7) is 9.80. The van der Waals surface area contributed by atoms with Gasteiger partial charge in [-0.2, -0.15) is 4.31 Å². The number of aromatic hydroxyl groups is 1. The van der Waals surface area contributed by atoms with Crippen molar-refractivity contribution in [3.8, 4) is 11.5 Å². The number of piperidine rings is 1. The zero-order valence-corrected chi connectivity index (χ0v) is 23.0. The maximum absolute atomic E-state index is 14.1. The molecule has 8 heteroatoms. The fourth-order valence-electron chi connectivity index (χ4n) is 7.97. The van der Waals surface area contributed by atoms with Crippen LogP contribution >= 0.6 is 0 Å². The molecule has 1 saturated heterocycles. The third kappa shape index (κ3) is 3.60. The summed E-state index contributed by atoms with van der Waals surface area (Å²) in [5, 5.41) is 23.5. The van der Waals surface area contributed by atoms with Gasteiger partial charge in [0.2, 0.25) is 10.0 Å². The number of phenolic OH excluding ortho intramolecular Hbond substituents is 1. The zero-order chi connectivity index (χ0) is 26.9. The minimum Gasteiger partial charge on any atom is -0.504 e. The van der Waals surface area contributed by atoms with Crippen LogP contribution in [0.25, 0.3) is 0 Å². The van der Waals surface area contributed by atoms with E-state index in [1.165, 1.54) is 0 Å². The number of nitrogens with zero attached hydrogens (tertiary/aromatic N) is 2. The quantitative estimate of drug-likeness (QED) is 0.500. The second-order valence-corrected chi connectivity index (χ2v) is 13.9. The lowest BCUT2D eigenvalue weighted by molar-refractivity contribution is -0.194. The molecule has 38 heavy (non-hydrogen) atoms. The first kappa shape index (κ1) is 25.9. The standard InChI is InChI=1S/C30H38N2O5S/c1-4-15-31-16-14-29-26-22-10-11-24(33)27(26)37-28(29)23(12-13-30(29,34)25(31)17-22)32(18-20(2)3)38(35,36)19-21-8-6-5-7-9-21/h4-11,20,23,25,28,33-34H,1,12-19H2,2-3H3/t23-,25-,28+,29+,30-/m1/s1. The van der Waals surface area contributed by atoms with E-state index in [4.69, 9.17) is 4.74 Å². The molecule has 2 aromatic rings. The summed E-state index contributed by atoms with van der Waals surface area (Å²) < 4.78 is 36.4. The summed E-state index contributed by atoms with van der Waals surface area (Å²) in [6.07, 6.45) is 3.56. The van der Waals surface area contributed by atoms with Crippen LogP contribution in [0.3, 0.4) is 0 Å². The predicted octanol–water partition coefficient (Wildman–Crippen LogP) is 3.59. The second-order valence-electron chi connectivity index (χ2n) is 11.9. The fourth-order valence-corrected chi connectivity index (χ4v) is 9.90. The third-order valence-corrected chi connectivity index (χ3v) is 11.2. The van der Waals surface area contributed by atoms with Crippen LogP contribution in [0.5, 0.6) is 11.5 Å². The fraction of sp³-hybridized carbons (Fsp3) is 0.533. The van der Waals surface area contributed by atoms with Gasteiger partial charge in [-0.1, -0.05) is 56.3 Å². The molecular formula is C30H38N2O5S. The zero-order valence-electron chi connectivity index (χ0n) is 22.2. The molecule has 2 aliphatic heterocycles. The van der Waals surface area contributed by atoms with Crippen molar-refractivity contribution in [2.75, 3.05) is 19.6 Å². The van der Waals surface area contributed by atoms with E-state index in [-0.39, 0.29) is 23.5 Å². The van der Waals surface area contributed by atoms with Gasteiger partial charge in [-0.25, -0.2) is 8.42 Å². The lowest BCUT2D eigenvalue weighted by Gasteiger charge is -2.64. The highest BCUT2D eigenvalue weighted by Crippen LogP contribution is 2.66. The van der Waals surface area contributed by atoms with Crippen molar-refractivity contribution >= 4 is 10.0 Å². The Morgan fingerprint density at radius 3 is 2.68 bits per heavy atom. The highest BCUT2D eigenvalue weighted by molar-refractivity contribution is 7.88. The van der Waals surface area contributed by atoms with Crippen molar-refractivity contribution in [1.29, 1.82) is 0 Å². The van der Waals surface area contributed by atoms with E-state index < -0.39 is 33.2 Å². The molecule has 7 nitrogen and oxygen atoms in total. The van der Waals surface area contributed by atoms with E-state index >= 15 is 0 Å². The first-order chi connectivity index (χ1) is 18.1. The minimum absolute atomic E-state index is 0.0585. The molecule has 2 aliphatic carbocycles. The van der Waals surface area contributed by atoms with Crippen molar-refractivity contribution < 1.29 is 23.4 Å². The monoisotopic (exact) mass is 538 g/mol. The Hall–Kier alpha value is -2.39. The molecule has 0 aromatic heterocycles. The summed E-state index contributed by atoms with van der Waals surface area (Å²) in [5.41, 5.74) is 0.852. The van der Waals surface area contributed by atoms with Gasteiger partial charge in [-0.05, 0) is 55.3 Å². The number of hydrogen-bond donors (Lipinski definition) is 2. The van der Waals surface area contributed by atoms with Crippen LogP contribution in [0.4, 0.5) is 0 Å². The Balaban J connectivity index is 1.47. The first-order valence-corrected chi connectivity index (χ1v) is 15.4. The number of hydrogen-bond acceptors (Lipinski definition) is 6. The van der Waals surface area contributed by atoms with Gasteiger partial charge in [-0.15, -0.1) is 6.58 Å². The van der Waals surface area contributed by atoms with Gasteiger partial charge < -0.3 is 14.9 Å². The van der Waals surface area contributed by atoms with Crippen molar-refractivity contribution in [1.82, 2.24) is 9.21 Å². The van der Waals surface area contributed by atoms with Crippen molar-refractivity contribution in [3.05, 3.63) is 71.8 Å². The average molecular weight is 539 g/mol. The van der Waals surface area contributed by atoms with E-state index in [2.05, 4.69) is 11.5 Å². The van der Waals surface area contributed by atoms with Gasteiger partial charge >= 0.3 is 0 Å². The SMILES string of the molecule is C=CCN1CC[C@]23c4c5ccc(O)c4O[C@H]2[C@H](N(CC(C)C)S(=O)(=O)Cc2ccccc2)CC[C@@]3(O)[C@H]1C5. The number of ether oxygens (including phenoxy) is 1. The summed E-state index contributed by atoms with van der Waals surface area (Å²) in [7, 11) is -3.70.